The highest BCUT2D eigenvalue weighted by Crippen LogP contribution is 2.46. The van der Waals surface area contributed by atoms with Crippen LogP contribution in [0.1, 0.15) is 17.5 Å². The number of fused-ring (bicyclic) bond motifs is 4. The summed E-state index contributed by atoms with van der Waals surface area (Å²) in [5.74, 6) is 0. The summed E-state index contributed by atoms with van der Waals surface area (Å²) >= 11 is 0. The monoisotopic (exact) mass is 508 g/mol. The molecule has 188 valence electrons. The molecule has 0 amide bonds. The summed E-state index contributed by atoms with van der Waals surface area (Å²) in [6.45, 7) is 0. The first-order valence-corrected chi connectivity index (χ1v) is 14.2. The second-order valence-corrected chi connectivity index (χ2v) is 10.8. The van der Waals surface area contributed by atoms with E-state index in [1.54, 1.807) is 0 Å². The average Bonchev–Trinajstić information content (AvgIpc) is 3.03. The fraction of sp³-hybridized carbons (Fsp3) is 0.0500. The zero-order chi connectivity index (χ0) is 26.5. The van der Waals surface area contributed by atoms with Crippen LogP contribution in [0.25, 0.3) is 71.8 Å². The van der Waals surface area contributed by atoms with E-state index in [1.165, 1.54) is 76.8 Å². The summed E-state index contributed by atoms with van der Waals surface area (Å²) < 4.78 is 0. The van der Waals surface area contributed by atoms with Crippen LogP contribution in [0.4, 0.5) is 0 Å². The van der Waals surface area contributed by atoms with Crippen LogP contribution in [0, 0.1) is 0 Å². The van der Waals surface area contributed by atoms with Gasteiger partial charge < -0.3 is 0 Å². The molecule has 0 bridgehead atoms. The van der Waals surface area contributed by atoms with Gasteiger partial charge in [-0.15, -0.1) is 0 Å². The lowest BCUT2D eigenvalue weighted by Crippen LogP contribution is -2.02. The van der Waals surface area contributed by atoms with Crippen LogP contribution in [0.3, 0.4) is 0 Å². The van der Waals surface area contributed by atoms with E-state index in [0.717, 1.165) is 12.8 Å². The van der Waals surface area contributed by atoms with Gasteiger partial charge in [0.05, 0.1) is 0 Å². The quantitative estimate of drug-likeness (QED) is 0.223. The Morgan fingerprint density at radius 2 is 1.07 bits per heavy atom. The maximum atomic E-state index is 2.39. The molecule has 0 fully saturated rings. The van der Waals surface area contributed by atoms with Gasteiger partial charge in [-0.3, -0.25) is 0 Å². The van der Waals surface area contributed by atoms with Crippen molar-refractivity contribution in [1.29, 1.82) is 0 Å². The Morgan fingerprint density at radius 1 is 0.425 bits per heavy atom. The Morgan fingerprint density at radius 3 is 1.90 bits per heavy atom. The van der Waals surface area contributed by atoms with Crippen LogP contribution < -0.4 is 0 Å². The highest BCUT2D eigenvalue weighted by Gasteiger charge is 2.22. The topological polar surface area (TPSA) is 0 Å². The van der Waals surface area contributed by atoms with Gasteiger partial charge in [0.2, 0.25) is 0 Å². The fourth-order valence-electron chi connectivity index (χ4n) is 6.66. The van der Waals surface area contributed by atoms with E-state index in [0.29, 0.717) is 0 Å². The predicted octanol–water partition coefficient (Wildman–Crippen LogP) is 11.1. The van der Waals surface area contributed by atoms with Crippen molar-refractivity contribution in [2.24, 2.45) is 0 Å². The van der Waals surface area contributed by atoms with Gasteiger partial charge in [-0.05, 0) is 102 Å². The summed E-state index contributed by atoms with van der Waals surface area (Å²) in [6, 6.07) is 49.0. The Balaban J connectivity index is 1.38. The molecule has 0 unspecified atom stereocenters. The first-order chi connectivity index (χ1) is 19.8. The highest BCUT2D eigenvalue weighted by atomic mass is 14.3. The van der Waals surface area contributed by atoms with Crippen molar-refractivity contribution >= 4 is 38.4 Å². The number of allylic oxidation sites excluding steroid dienone is 1. The SMILES string of the molecule is C1=Cc2c(c(-c3ccc4cc(-c5ccccc5)ccc4c3)c3ccccc3c2-c2cccc3ccccc23)CC1. The van der Waals surface area contributed by atoms with Crippen molar-refractivity contribution in [3.8, 4) is 33.4 Å². The minimum atomic E-state index is 1.05. The van der Waals surface area contributed by atoms with Gasteiger partial charge in [-0.25, -0.2) is 0 Å². The van der Waals surface area contributed by atoms with Crippen LogP contribution in [0.5, 0.6) is 0 Å². The van der Waals surface area contributed by atoms with Gasteiger partial charge in [-0.1, -0.05) is 133 Å². The highest BCUT2D eigenvalue weighted by molar-refractivity contribution is 6.14. The second kappa shape index (κ2) is 9.36. The average molecular weight is 509 g/mol. The molecule has 0 nitrogen and oxygen atoms in total. The summed E-state index contributed by atoms with van der Waals surface area (Å²) in [5.41, 5.74) is 10.7. The smallest absolute Gasteiger partial charge is 0.00235 e. The minimum absolute atomic E-state index is 1.05. The van der Waals surface area contributed by atoms with Gasteiger partial charge in [-0.2, -0.15) is 0 Å². The molecule has 0 spiro atoms. The normalized spacial score (nSPS) is 12.7. The molecule has 0 saturated carbocycles. The van der Waals surface area contributed by atoms with Crippen LogP contribution >= 0.6 is 0 Å². The summed E-state index contributed by atoms with van der Waals surface area (Å²) in [5, 5.41) is 7.79. The third-order valence-electron chi connectivity index (χ3n) is 8.50. The Bertz CT molecular complexity index is 2090. The molecule has 0 N–H and O–H groups in total. The van der Waals surface area contributed by atoms with Crippen molar-refractivity contribution in [3.63, 3.8) is 0 Å². The molecular weight excluding hydrogens is 480 g/mol. The van der Waals surface area contributed by atoms with Crippen molar-refractivity contribution in [2.45, 2.75) is 12.8 Å². The second-order valence-electron chi connectivity index (χ2n) is 10.8. The molecule has 0 aromatic heterocycles. The summed E-state index contributed by atoms with van der Waals surface area (Å²) in [6.07, 6.45) is 6.84. The van der Waals surface area contributed by atoms with E-state index in [-0.39, 0.29) is 0 Å². The van der Waals surface area contributed by atoms with E-state index in [9.17, 15) is 0 Å². The van der Waals surface area contributed by atoms with Crippen LogP contribution in [-0.2, 0) is 6.42 Å². The van der Waals surface area contributed by atoms with E-state index < -0.39 is 0 Å². The molecule has 0 atom stereocenters. The van der Waals surface area contributed by atoms with Crippen molar-refractivity contribution in [2.75, 3.05) is 0 Å². The Labute approximate surface area is 234 Å². The fourth-order valence-corrected chi connectivity index (χ4v) is 6.66. The Hall–Kier alpha value is -4.94. The molecule has 40 heavy (non-hydrogen) atoms. The molecule has 1 aliphatic carbocycles. The van der Waals surface area contributed by atoms with Crippen LogP contribution in [0.15, 0.2) is 140 Å². The first-order valence-electron chi connectivity index (χ1n) is 14.2. The maximum absolute atomic E-state index is 2.39. The van der Waals surface area contributed by atoms with Crippen molar-refractivity contribution in [1.82, 2.24) is 0 Å². The van der Waals surface area contributed by atoms with Gasteiger partial charge in [0.25, 0.3) is 0 Å². The lowest BCUT2D eigenvalue weighted by atomic mass is 9.79. The molecule has 8 rings (SSSR count). The van der Waals surface area contributed by atoms with Gasteiger partial charge in [0, 0.05) is 0 Å². The molecule has 0 saturated heterocycles. The third-order valence-corrected chi connectivity index (χ3v) is 8.50. The van der Waals surface area contributed by atoms with E-state index in [4.69, 9.17) is 0 Å². The van der Waals surface area contributed by atoms with Gasteiger partial charge >= 0.3 is 0 Å². The molecule has 7 aromatic carbocycles. The minimum Gasteiger partial charge on any atom is -0.0836 e. The maximum Gasteiger partial charge on any atom is -0.00235 e. The molecule has 7 aromatic rings. The Kier molecular flexibility index (Phi) is 5.38. The van der Waals surface area contributed by atoms with E-state index in [2.05, 4.69) is 146 Å². The first kappa shape index (κ1) is 23.0. The van der Waals surface area contributed by atoms with Crippen molar-refractivity contribution in [3.05, 3.63) is 151 Å². The van der Waals surface area contributed by atoms with Crippen LogP contribution in [0.2, 0.25) is 0 Å². The molecular formula is C40H28. The largest absolute Gasteiger partial charge is 0.0836 e. The number of hydrogen-bond acceptors (Lipinski definition) is 0. The van der Waals surface area contributed by atoms with E-state index >= 15 is 0 Å². The zero-order valence-electron chi connectivity index (χ0n) is 22.3. The zero-order valence-corrected chi connectivity index (χ0v) is 22.3. The number of hydrogen-bond donors (Lipinski definition) is 0. The van der Waals surface area contributed by atoms with Gasteiger partial charge in [0.15, 0.2) is 0 Å². The van der Waals surface area contributed by atoms with E-state index in [1.807, 2.05) is 0 Å². The van der Waals surface area contributed by atoms with Crippen LogP contribution in [-0.4, -0.2) is 0 Å². The third kappa shape index (κ3) is 3.68. The van der Waals surface area contributed by atoms with Crippen molar-refractivity contribution < 1.29 is 0 Å². The molecule has 0 heterocycles. The lowest BCUT2D eigenvalue weighted by Gasteiger charge is -2.24. The molecule has 0 radical (unpaired) electrons. The molecule has 0 heteroatoms. The predicted molar refractivity (Wildman–Crippen MR) is 173 cm³/mol. The van der Waals surface area contributed by atoms with Gasteiger partial charge in [0.1, 0.15) is 0 Å². The molecule has 1 aliphatic rings. The number of rotatable bonds is 3. The summed E-state index contributed by atoms with van der Waals surface area (Å²) in [4.78, 5) is 0. The molecule has 0 aliphatic heterocycles. The standard InChI is InChI=1S/C40H28/c1-2-11-27(12-3-1)29-21-22-31-26-32(24-23-30(31)25-29)39-35-16-6-8-18-37(35)40(38-19-9-7-17-36(38)39)34-20-10-14-28-13-4-5-15-33(28)34/h1-6,8-16,18-26H,7,17H2. The lowest BCUT2D eigenvalue weighted by molar-refractivity contribution is 0.991. The summed E-state index contributed by atoms with van der Waals surface area (Å²) in [7, 11) is 0. The number of benzene rings is 7.